The summed E-state index contributed by atoms with van der Waals surface area (Å²) in [4.78, 5) is 11.7. The number of benzene rings is 1. The lowest BCUT2D eigenvalue weighted by atomic mass is 9.95. The zero-order valence-corrected chi connectivity index (χ0v) is 14.3. The molecule has 21 heavy (non-hydrogen) atoms. The molecule has 3 nitrogen and oxygen atoms in total. The van der Waals surface area contributed by atoms with Gasteiger partial charge in [-0.1, -0.05) is 31.5 Å². The van der Waals surface area contributed by atoms with Crippen molar-refractivity contribution in [3.63, 3.8) is 0 Å². The smallest absolute Gasteiger partial charge is 0.221 e. The van der Waals surface area contributed by atoms with E-state index in [1.807, 2.05) is 0 Å². The molecule has 1 atom stereocenters. The van der Waals surface area contributed by atoms with Crippen LogP contribution in [0.2, 0.25) is 0 Å². The minimum Gasteiger partial charge on any atom is -0.356 e. The van der Waals surface area contributed by atoms with Gasteiger partial charge < -0.3 is 10.6 Å². The number of nitrogens with one attached hydrogen (secondary N) is 2. The molecule has 0 saturated heterocycles. The van der Waals surface area contributed by atoms with E-state index in [2.05, 4.69) is 64.3 Å². The van der Waals surface area contributed by atoms with Crippen LogP contribution in [0.15, 0.2) is 12.1 Å². The largest absolute Gasteiger partial charge is 0.356 e. The van der Waals surface area contributed by atoms with Gasteiger partial charge >= 0.3 is 0 Å². The van der Waals surface area contributed by atoms with Gasteiger partial charge in [-0.15, -0.1) is 0 Å². The van der Waals surface area contributed by atoms with Gasteiger partial charge in [-0.25, -0.2) is 0 Å². The fourth-order valence-electron chi connectivity index (χ4n) is 2.78. The molecule has 2 N–H and O–H groups in total. The molecule has 1 unspecified atom stereocenters. The van der Waals surface area contributed by atoms with Crippen LogP contribution in [0, 0.1) is 26.7 Å². The molecule has 0 heterocycles. The molecule has 0 fully saturated rings. The zero-order valence-electron chi connectivity index (χ0n) is 14.3. The average Bonchev–Trinajstić information content (AvgIpc) is 2.35. The van der Waals surface area contributed by atoms with Crippen molar-refractivity contribution < 1.29 is 4.79 Å². The van der Waals surface area contributed by atoms with Gasteiger partial charge in [-0.05, 0) is 50.3 Å². The molecule has 1 rings (SSSR count). The van der Waals surface area contributed by atoms with Crippen molar-refractivity contribution in [1.29, 1.82) is 0 Å². The number of carbonyl (C=O) groups excluding carboxylic acids is 1. The summed E-state index contributed by atoms with van der Waals surface area (Å²) in [5.74, 6) is 0.624. The second-order valence-electron chi connectivity index (χ2n) is 6.44. The summed E-state index contributed by atoms with van der Waals surface area (Å²) in [5, 5.41) is 6.40. The lowest BCUT2D eigenvalue weighted by Crippen LogP contribution is -2.31. The Morgan fingerprint density at radius 1 is 1.10 bits per heavy atom. The summed E-state index contributed by atoms with van der Waals surface area (Å²) >= 11 is 0. The Balaban J connectivity index is 2.48. The minimum atomic E-state index is 0.126. The molecule has 0 spiro atoms. The Bertz CT molecular complexity index is 457. The highest BCUT2D eigenvalue weighted by molar-refractivity contribution is 5.76. The van der Waals surface area contributed by atoms with Crippen molar-refractivity contribution in [2.75, 3.05) is 13.1 Å². The fourth-order valence-corrected chi connectivity index (χ4v) is 2.78. The molecule has 1 aromatic carbocycles. The molecule has 0 aliphatic rings. The molecule has 3 heteroatoms. The van der Waals surface area contributed by atoms with Crippen molar-refractivity contribution in [3.05, 3.63) is 34.4 Å². The third kappa shape index (κ3) is 5.88. The number of hydrogen-bond donors (Lipinski definition) is 2. The van der Waals surface area contributed by atoms with Gasteiger partial charge in [0.25, 0.3) is 0 Å². The molecule has 0 bridgehead atoms. The zero-order chi connectivity index (χ0) is 16.0. The predicted octanol–water partition coefficient (Wildman–Crippen LogP) is 3.42. The lowest BCUT2D eigenvalue weighted by Gasteiger charge is -2.20. The van der Waals surface area contributed by atoms with Crippen molar-refractivity contribution in [1.82, 2.24) is 10.6 Å². The summed E-state index contributed by atoms with van der Waals surface area (Å²) in [6.45, 7) is 14.3. The summed E-state index contributed by atoms with van der Waals surface area (Å²) in [6.07, 6.45) is 0.529. The van der Waals surface area contributed by atoms with Crippen molar-refractivity contribution in [3.8, 4) is 0 Å². The molecule has 0 aliphatic carbocycles. The maximum absolute atomic E-state index is 11.7. The molecule has 0 saturated carbocycles. The van der Waals surface area contributed by atoms with Gasteiger partial charge in [0.05, 0.1) is 0 Å². The Morgan fingerprint density at radius 2 is 1.67 bits per heavy atom. The van der Waals surface area contributed by atoms with Gasteiger partial charge in [0.15, 0.2) is 0 Å². The van der Waals surface area contributed by atoms with Crippen LogP contribution in [0.1, 0.15) is 55.5 Å². The highest BCUT2D eigenvalue weighted by Gasteiger charge is 2.12. The van der Waals surface area contributed by atoms with Gasteiger partial charge in [0.2, 0.25) is 5.91 Å². The quantitative estimate of drug-likeness (QED) is 0.808. The summed E-state index contributed by atoms with van der Waals surface area (Å²) < 4.78 is 0. The molecule has 0 aliphatic heterocycles. The van der Waals surface area contributed by atoms with E-state index < -0.39 is 0 Å². The van der Waals surface area contributed by atoms with E-state index in [9.17, 15) is 4.79 Å². The van der Waals surface area contributed by atoms with Crippen LogP contribution in [0.3, 0.4) is 0 Å². The predicted molar refractivity (Wildman–Crippen MR) is 89.5 cm³/mol. The van der Waals surface area contributed by atoms with E-state index in [1.165, 1.54) is 22.3 Å². The number of aryl methyl sites for hydroxylation is 3. The number of rotatable bonds is 7. The van der Waals surface area contributed by atoms with E-state index in [0.717, 1.165) is 6.54 Å². The lowest BCUT2D eigenvalue weighted by molar-refractivity contribution is -0.121. The van der Waals surface area contributed by atoms with Gasteiger partial charge in [0, 0.05) is 25.6 Å². The first kappa shape index (κ1) is 17.7. The fraction of sp³-hybridized carbons (Fsp3) is 0.611. The van der Waals surface area contributed by atoms with Crippen LogP contribution in [0.4, 0.5) is 0 Å². The van der Waals surface area contributed by atoms with Crippen LogP contribution in [0.25, 0.3) is 0 Å². The van der Waals surface area contributed by atoms with E-state index in [-0.39, 0.29) is 11.9 Å². The summed E-state index contributed by atoms with van der Waals surface area (Å²) in [5.41, 5.74) is 5.28. The Kier molecular flexibility index (Phi) is 6.90. The van der Waals surface area contributed by atoms with Crippen LogP contribution >= 0.6 is 0 Å². The van der Waals surface area contributed by atoms with Crippen molar-refractivity contribution >= 4 is 5.91 Å². The van der Waals surface area contributed by atoms with E-state index in [4.69, 9.17) is 0 Å². The number of carbonyl (C=O) groups is 1. The first-order valence-corrected chi connectivity index (χ1v) is 7.89. The normalized spacial score (nSPS) is 12.5. The van der Waals surface area contributed by atoms with Crippen LogP contribution in [-0.4, -0.2) is 19.0 Å². The van der Waals surface area contributed by atoms with Crippen LogP contribution < -0.4 is 10.6 Å². The first-order chi connectivity index (χ1) is 9.81. The average molecular weight is 290 g/mol. The Morgan fingerprint density at radius 3 is 2.19 bits per heavy atom. The summed E-state index contributed by atoms with van der Waals surface area (Å²) in [6, 6.07) is 4.70. The number of hydrogen-bond acceptors (Lipinski definition) is 2. The minimum absolute atomic E-state index is 0.126. The van der Waals surface area contributed by atoms with Crippen molar-refractivity contribution in [2.45, 2.75) is 54.0 Å². The third-order valence-corrected chi connectivity index (χ3v) is 3.68. The topological polar surface area (TPSA) is 41.1 Å². The summed E-state index contributed by atoms with van der Waals surface area (Å²) in [7, 11) is 0. The maximum atomic E-state index is 11.7. The third-order valence-electron chi connectivity index (χ3n) is 3.68. The van der Waals surface area contributed by atoms with Gasteiger partial charge in [-0.3, -0.25) is 4.79 Å². The highest BCUT2D eigenvalue weighted by Crippen LogP contribution is 2.23. The van der Waals surface area contributed by atoms with E-state index in [0.29, 0.717) is 18.9 Å². The van der Waals surface area contributed by atoms with Crippen LogP contribution in [-0.2, 0) is 4.79 Å². The molecule has 0 radical (unpaired) electrons. The SMILES string of the molecule is Cc1cc(C)c(C(C)NCCC(=O)NCC(C)C)c(C)c1. The second kappa shape index (κ2) is 8.18. The van der Waals surface area contributed by atoms with Crippen molar-refractivity contribution in [2.24, 2.45) is 5.92 Å². The molecule has 0 aromatic heterocycles. The molecular formula is C18H30N2O. The molecule has 1 aromatic rings. The Hall–Kier alpha value is -1.35. The van der Waals surface area contributed by atoms with Gasteiger partial charge in [0.1, 0.15) is 0 Å². The first-order valence-electron chi connectivity index (χ1n) is 7.89. The van der Waals surface area contributed by atoms with Crippen LogP contribution in [0.5, 0.6) is 0 Å². The maximum Gasteiger partial charge on any atom is 0.221 e. The monoisotopic (exact) mass is 290 g/mol. The molecule has 1 amide bonds. The van der Waals surface area contributed by atoms with E-state index in [1.54, 1.807) is 0 Å². The second-order valence-corrected chi connectivity index (χ2v) is 6.44. The Labute approximate surface area is 129 Å². The molecular weight excluding hydrogens is 260 g/mol. The highest BCUT2D eigenvalue weighted by atomic mass is 16.1. The standard InChI is InChI=1S/C18H30N2O/c1-12(2)11-20-17(21)7-8-19-16(6)18-14(4)9-13(3)10-15(18)5/h9-10,12,16,19H,7-8,11H2,1-6H3,(H,20,21). The number of amides is 1. The van der Waals surface area contributed by atoms with Gasteiger partial charge in [-0.2, -0.15) is 0 Å². The van der Waals surface area contributed by atoms with E-state index >= 15 is 0 Å². The molecule has 118 valence electrons.